The Kier molecular flexibility index (Phi) is 4.59. The molecule has 21 heavy (non-hydrogen) atoms. The van der Waals surface area contributed by atoms with Crippen LogP contribution in [0, 0.1) is 17.0 Å². The van der Waals surface area contributed by atoms with E-state index >= 15 is 0 Å². The Morgan fingerprint density at radius 3 is 2.62 bits per heavy atom. The summed E-state index contributed by atoms with van der Waals surface area (Å²) in [5, 5.41) is 11.1. The van der Waals surface area contributed by atoms with Crippen LogP contribution in [-0.4, -0.2) is 10.8 Å². The topological polar surface area (TPSA) is 86.2 Å². The minimum Gasteiger partial charge on any atom is -0.366 e. The first-order valence-corrected chi connectivity index (χ1v) is 7.23. The molecule has 0 aromatic heterocycles. The van der Waals surface area contributed by atoms with Gasteiger partial charge < -0.3 is 5.73 Å². The number of rotatable bonds is 5. The maximum absolute atomic E-state index is 11.1. The number of carbonyl (C=O) groups is 1. The zero-order valence-electron chi connectivity index (χ0n) is 11.4. The predicted octanol–water partition coefficient (Wildman–Crippen LogP) is 3.29. The van der Waals surface area contributed by atoms with E-state index in [4.69, 9.17) is 5.73 Å². The number of nitro groups is 1. The molecule has 0 fully saturated rings. The highest BCUT2D eigenvalue weighted by Crippen LogP contribution is 2.30. The first-order valence-electron chi connectivity index (χ1n) is 6.24. The number of amides is 1. The second-order valence-electron chi connectivity index (χ2n) is 4.52. The highest BCUT2D eigenvalue weighted by molar-refractivity contribution is 7.98. The Labute approximate surface area is 126 Å². The summed E-state index contributed by atoms with van der Waals surface area (Å²) in [5.41, 5.74) is 6.91. The van der Waals surface area contributed by atoms with E-state index in [1.165, 1.54) is 23.9 Å². The maximum atomic E-state index is 11.1. The molecule has 2 rings (SSSR count). The molecule has 0 unspecified atom stereocenters. The zero-order valence-corrected chi connectivity index (χ0v) is 12.2. The molecule has 2 N–H and O–H groups in total. The monoisotopic (exact) mass is 302 g/mol. The highest BCUT2D eigenvalue weighted by Gasteiger charge is 2.16. The molecular weight excluding hydrogens is 288 g/mol. The zero-order chi connectivity index (χ0) is 15.4. The Balaban J connectivity index is 2.26. The van der Waals surface area contributed by atoms with Crippen molar-refractivity contribution in [1.29, 1.82) is 0 Å². The molecule has 0 saturated heterocycles. The van der Waals surface area contributed by atoms with E-state index in [0.29, 0.717) is 11.3 Å². The van der Waals surface area contributed by atoms with Gasteiger partial charge in [0.05, 0.1) is 4.92 Å². The largest absolute Gasteiger partial charge is 0.366 e. The molecule has 1 amide bonds. The number of primary amides is 1. The first-order chi connectivity index (χ1) is 9.99. The summed E-state index contributed by atoms with van der Waals surface area (Å²) in [6.07, 6.45) is 0. The van der Waals surface area contributed by atoms with Crippen molar-refractivity contribution in [2.24, 2.45) is 5.73 Å². The Bertz CT molecular complexity index is 701. The van der Waals surface area contributed by atoms with E-state index in [1.807, 2.05) is 31.2 Å². The van der Waals surface area contributed by atoms with Gasteiger partial charge in [-0.05, 0) is 24.6 Å². The molecule has 0 saturated carbocycles. The Morgan fingerprint density at radius 2 is 2.00 bits per heavy atom. The van der Waals surface area contributed by atoms with E-state index in [0.717, 1.165) is 10.5 Å². The van der Waals surface area contributed by atoms with Gasteiger partial charge in [0.25, 0.3) is 5.69 Å². The summed E-state index contributed by atoms with van der Waals surface area (Å²) < 4.78 is 0. The van der Waals surface area contributed by atoms with Crippen LogP contribution in [0.4, 0.5) is 5.69 Å². The van der Waals surface area contributed by atoms with Crippen LogP contribution in [0.15, 0.2) is 47.4 Å². The van der Waals surface area contributed by atoms with Crippen molar-refractivity contribution in [3.05, 3.63) is 69.3 Å². The van der Waals surface area contributed by atoms with Crippen molar-refractivity contribution in [2.45, 2.75) is 17.6 Å². The summed E-state index contributed by atoms with van der Waals surface area (Å²) in [7, 11) is 0. The third kappa shape index (κ3) is 3.61. The molecule has 2 aromatic rings. The minimum atomic E-state index is -0.670. The van der Waals surface area contributed by atoms with Crippen LogP contribution in [0.1, 0.15) is 21.5 Å². The average molecular weight is 302 g/mol. The molecular formula is C15H14N2O3S. The lowest BCUT2D eigenvalue weighted by Crippen LogP contribution is -2.11. The first kappa shape index (κ1) is 15.1. The van der Waals surface area contributed by atoms with Gasteiger partial charge in [0, 0.05) is 27.8 Å². The summed E-state index contributed by atoms with van der Waals surface area (Å²) in [6, 6.07) is 12.2. The molecule has 0 radical (unpaired) electrons. The number of nitrogens with two attached hydrogens (primary N) is 1. The van der Waals surface area contributed by atoms with Crippen LogP contribution >= 0.6 is 11.8 Å². The van der Waals surface area contributed by atoms with E-state index in [-0.39, 0.29) is 11.3 Å². The molecule has 0 heterocycles. The van der Waals surface area contributed by atoms with Crippen molar-refractivity contribution in [1.82, 2.24) is 0 Å². The van der Waals surface area contributed by atoms with E-state index < -0.39 is 10.8 Å². The quantitative estimate of drug-likeness (QED) is 0.521. The molecule has 0 spiro atoms. The van der Waals surface area contributed by atoms with Crippen molar-refractivity contribution in [3.63, 3.8) is 0 Å². The number of nitro benzene ring substituents is 1. The third-order valence-corrected chi connectivity index (χ3v) is 4.27. The van der Waals surface area contributed by atoms with Crippen LogP contribution in [0.25, 0.3) is 0 Å². The smallest absolute Gasteiger partial charge is 0.274 e. The maximum Gasteiger partial charge on any atom is 0.274 e. The standard InChI is InChI=1S/C15H14N2O3S/c1-10-4-2-3-5-14(10)21-9-12-7-6-11(15(16)18)8-13(12)17(19)20/h2-8H,9H2,1H3,(H2,16,18). The predicted molar refractivity (Wildman–Crippen MR) is 82.4 cm³/mol. The second kappa shape index (κ2) is 6.41. The van der Waals surface area contributed by atoms with Gasteiger partial charge in [-0.1, -0.05) is 24.3 Å². The summed E-state index contributed by atoms with van der Waals surface area (Å²) in [4.78, 5) is 22.8. The van der Waals surface area contributed by atoms with Crippen LogP contribution in [-0.2, 0) is 5.75 Å². The number of carbonyl (C=O) groups excluding carboxylic acids is 1. The van der Waals surface area contributed by atoms with Gasteiger partial charge in [-0.2, -0.15) is 0 Å². The normalized spacial score (nSPS) is 10.3. The number of hydrogen-bond donors (Lipinski definition) is 1. The van der Waals surface area contributed by atoms with Crippen molar-refractivity contribution < 1.29 is 9.72 Å². The van der Waals surface area contributed by atoms with Crippen LogP contribution in [0.5, 0.6) is 0 Å². The lowest BCUT2D eigenvalue weighted by molar-refractivity contribution is -0.385. The average Bonchev–Trinajstić information content (AvgIpc) is 2.46. The summed E-state index contributed by atoms with van der Waals surface area (Å²) in [6.45, 7) is 1.99. The fourth-order valence-electron chi connectivity index (χ4n) is 1.88. The molecule has 0 atom stereocenters. The van der Waals surface area contributed by atoms with Crippen LogP contribution < -0.4 is 5.73 Å². The van der Waals surface area contributed by atoms with Crippen LogP contribution in [0.3, 0.4) is 0 Å². The SMILES string of the molecule is Cc1ccccc1SCc1ccc(C(N)=O)cc1[N+](=O)[O-]. The van der Waals surface area contributed by atoms with Gasteiger partial charge >= 0.3 is 0 Å². The fourth-order valence-corrected chi connectivity index (χ4v) is 2.91. The van der Waals surface area contributed by atoms with Crippen LogP contribution in [0.2, 0.25) is 0 Å². The number of thioether (sulfide) groups is 1. The molecule has 0 aliphatic carbocycles. The number of hydrogen-bond acceptors (Lipinski definition) is 4. The fraction of sp³-hybridized carbons (Fsp3) is 0.133. The van der Waals surface area contributed by atoms with E-state index in [9.17, 15) is 14.9 Å². The second-order valence-corrected chi connectivity index (χ2v) is 5.54. The molecule has 6 heteroatoms. The van der Waals surface area contributed by atoms with E-state index in [1.54, 1.807) is 6.07 Å². The van der Waals surface area contributed by atoms with Gasteiger partial charge in [0.2, 0.25) is 5.91 Å². The highest BCUT2D eigenvalue weighted by atomic mass is 32.2. The molecule has 2 aromatic carbocycles. The van der Waals surface area contributed by atoms with Crippen molar-refractivity contribution >= 4 is 23.4 Å². The summed E-state index contributed by atoms with van der Waals surface area (Å²) in [5.74, 6) is -0.212. The van der Waals surface area contributed by atoms with Gasteiger partial charge in [-0.25, -0.2) is 0 Å². The molecule has 0 aliphatic rings. The van der Waals surface area contributed by atoms with Gasteiger partial charge in [-0.15, -0.1) is 11.8 Å². The lowest BCUT2D eigenvalue weighted by Gasteiger charge is -2.06. The molecule has 5 nitrogen and oxygen atoms in total. The van der Waals surface area contributed by atoms with E-state index in [2.05, 4.69) is 0 Å². The van der Waals surface area contributed by atoms with Gasteiger partial charge in [0.1, 0.15) is 0 Å². The van der Waals surface area contributed by atoms with Crippen molar-refractivity contribution in [2.75, 3.05) is 0 Å². The Hall–Kier alpha value is -2.34. The van der Waals surface area contributed by atoms with Crippen molar-refractivity contribution in [3.8, 4) is 0 Å². The molecule has 0 aliphatic heterocycles. The number of nitrogens with zero attached hydrogens (tertiary/aromatic N) is 1. The third-order valence-electron chi connectivity index (χ3n) is 3.04. The lowest BCUT2D eigenvalue weighted by atomic mass is 10.1. The number of benzene rings is 2. The molecule has 0 bridgehead atoms. The van der Waals surface area contributed by atoms with Gasteiger partial charge in [0.15, 0.2) is 0 Å². The minimum absolute atomic E-state index is 0.0765. The summed E-state index contributed by atoms with van der Waals surface area (Å²) >= 11 is 1.53. The molecule has 108 valence electrons. The Morgan fingerprint density at radius 1 is 1.29 bits per heavy atom. The van der Waals surface area contributed by atoms with Gasteiger partial charge in [-0.3, -0.25) is 14.9 Å². The number of aryl methyl sites for hydroxylation is 1.